The van der Waals surface area contributed by atoms with Crippen molar-refractivity contribution in [2.45, 2.75) is 32.2 Å². The Hall–Kier alpha value is -1.14. The Morgan fingerprint density at radius 2 is 2.00 bits per heavy atom. The number of aryl methyl sites for hydroxylation is 1. The van der Waals surface area contributed by atoms with Crippen LogP contribution in [0.15, 0.2) is 22.5 Å². The summed E-state index contributed by atoms with van der Waals surface area (Å²) in [6.07, 6.45) is 4.96. The molecule has 0 radical (unpaired) electrons. The van der Waals surface area contributed by atoms with Crippen LogP contribution in [0.5, 0.6) is 0 Å². The van der Waals surface area contributed by atoms with E-state index in [1.807, 2.05) is 4.90 Å². The quantitative estimate of drug-likeness (QED) is 0.720. The molecule has 1 saturated heterocycles. The number of carbonyl (C=O) groups is 2. The molecular formula is C17H21BrN2O2S. The highest BCUT2D eigenvalue weighted by atomic mass is 79.9. The molecule has 0 N–H and O–H groups in total. The molecule has 3 rings (SSSR count). The number of fused-ring (bicyclic) bond motifs is 1. The first-order valence-corrected chi connectivity index (χ1v) is 9.66. The van der Waals surface area contributed by atoms with Gasteiger partial charge in [0.15, 0.2) is 0 Å². The van der Waals surface area contributed by atoms with E-state index >= 15 is 0 Å². The number of hydrogen-bond acceptors (Lipinski definition) is 3. The average molecular weight is 397 g/mol. The monoisotopic (exact) mass is 396 g/mol. The number of hydrogen-bond donors (Lipinski definition) is 0. The highest BCUT2D eigenvalue weighted by Crippen LogP contribution is 2.32. The molecule has 0 aromatic carbocycles. The minimum atomic E-state index is -0.0292. The van der Waals surface area contributed by atoms with E-state index in [1.54, 1.807) is 16.2 Å². The van der Waals surface area contributed by atoms with Crippen LogP contribution < -0.4 is 0 Å². The molecule has 3 heterocycles. The van der Waals surface area contributed by atoms with Crippen molar-refractivity contribution in [3.8, 4) is 0 Å². The number of nitrogens with zero attached hydrogens (tertiary/aromatic N) is 2. The molecule has 4 nitrogen and oxygen atoms in total. The van der Waals surface area contributed by atoms with E-state index in [1.165, 1.54) is 16.5 Å². The fourth-order valence-electron chi connectivity index (χ4n) is 3.41. The topological polar surface area (TPSA) is 40.6 Å². The van der Waals surface area contributed by atoms with Crippen LogP contribution in [0.4, 0.5) is 0 Å². The Kier molecular flexibility index (Phi) is 5.21. The average Bonchev–Trinajstić information content (AvgIpc) is 2.80. The van der Waals surface area contributed by atoms with Gasteiger partial charge in [-0.3, -0.25) is 9.59 Å². The molecule has 124 valence electrons. The molecule has 0 saturated carbocycles. The summed E-state index contributed by atoms with van der Waals surface area (Å²) >= 11 is 5.33. The van der Waals surface area contributed by atoms with E-state index in [-0.39, 0.29) is 17.7 Å². The number of piperidine rings is 1. The molecule has 2 aliphatic rings. The third-order valence-corrected chi connectivity index (χ3v) is 6.44. The molecule has 1 aromatic heterocycles. The normalized spacial score (nSPS) is 19.2. The first-order valence-electron chi connectivity index (χ1n) is 8.05. The standard InChI is InChI=1S/C17H21BrN2O2S/c1-2-16(21)19-8-5-12(6-9-19)17(22)20-7-3-4-14-13(11-20)10-15(18)23-14/h2,10,12H,1,3-9,11H2. The van der Waals surface area contributed by atoms with Gasteiger partial charge in [0.1, 0.15) is 0 Å². The van der Waals surface area contributed by atoms with Crippen LogP contribution in [-0.2, 0) is 22.6 Å². The van der Waals surface area contributed by atoms with E-state index in [9.17, 15) is 9.59 Å². The smallest absolute Gasteiger partial charge is 0.245 e. The maximum atomic E-state index is 12.9. The zero-order valence-electron chi connectivity index (χ0n) is 13.1. The molecule has 2 amide bonds. The van der Waals surface area contributed by atoms with Crippen molar-refractivity contribution in [3.63, 3.8) is 0 Å². The third-order valence-electron chi connectivity index (χ3n) is 4.70. The lowest BCUT2D eigenvalue weighted by Crippen LogP contribution is -2.43. The summed E-state index contributed by atoms with van der Waals surface area (Å²) in [6, 6.07) is 2.15. The van der Waals surface area contributed by atoms with E-state index in [2.05, 4.69) is 28.6 Å². The van der Waals surface area contributed by atoms with E-state index in [0.29, 0.717) is 13.1 Å². The van der Waals surface area contributed by atoms with Crippen molar-refractivity contribution >= 4 is 39.1 Å². The van der Waals surface area contributed by atoms with Gasteiger partial charge in [-0.15, -0.1) is 11.3 Å². The van der Waals surface area contributed by atoms with Gasteiger partial charge >= 0.3 is 0 Å². The molecule has 0 atom stereocenters. The highest BCUT2D eigenvalue weighted by molar-refractivity contribution is 9.11. The Labute approximate surface area is 149 Å². The van der Waals surface area contributed by atoms with Crippen molar-refractivity contribution in [2.75, 3.05) is 19.6 Å². The van der Waals surface area contributed by atoms with Gasteiger partial charge in [0.25, 0.3) is 0 Å². The Morgan fingerprint density at radius 1 is 1.26 bits per heavy atom. The summed E-state index contributed by atoms with van der Waals surface area (Å²) in [6.45, 7) is 6.40. The predicted molar refractivity (Wildman–Crippen MR) is 95.3 cm³/mol. The second kappa shape index (κ2) is 7.18. The van der Waals surface area contributed by atoms with Crippen LogP contribution in [-0.4, -0.2) is 41.2 Å². The summed E-state index contributed by atoms with van der Waals surface area (Å²) in [7, 11) is 0. The molecule has 0 unspecified atom stereocenters. The van der Waals surface area contributed by atoms with Gasteiger partial charge in [0, 0.05) is 37.0 Å². The SMILES string of the molecule is C=CC(=O)N1CCC(C(=O)N2CCCc3sc(Br)cc3C2)CC1. The zero-order valence-corrected chi connectivity index (χ0v) is 15.5. The van der Waals surface area contributed by atoms with Crippen molar-refractivity contribution in [1.29, 1.82) is 0 Å². The molecule has 1 fully saturated rings. The highest BCUT2D eigenvalue weighted by Gasteiger charge is 2.30. The second-order valence-electron chi connectivity index (χ2n) is 6.17. The van der Waals surface area contributed by atoms with Crippen LogP contribution >= 0.6 is 27.3 Å². The number of likely N-dealkylation sites (tertiary alicyclic amines) is 1. The molecular weight excluding hydrogens is 376 g/mol. The van der Waals surface area contributed by atoms with E-state index < -0.39 is 0 Å². The number of thiophene rings is 1. The lowest BCUT2D eigenvalue weighted by atomic mass is 9.95. The maximum Gasteiger partial charge on any atom is 0.245 e. The van der Waals surface area contributed by atoms with Gasteiger partial charge in [-0.25, -0.2) is 0 Å². The molecule has 6 heteroatoms. The Bertz CT molecular complexity index is 620. The van der Waals surface area contributed by atoms with Crippen LogP contribution in [0.2, 0.25) is 0 Å². The predicted octanol–water partition coefficient (Wildman–Crippen LogP) is 3.21. The zero-order chi connectivity index (χ0) is 16.4. The molecule has 23 heavy (non-hydrogen) atoms. The van der Waals surface area contributed by atoms with Crippen molar-refractivity contribution in [1.82, 2.24) is 9.80 Å². The molecule has 0 aliphatic carbocycles. The molecule has 1 aromatic rings. The van der Waals surface area contributed by atoms with Gasteiger partial charge in [-0.1, -0.05) is 6.58 Å². The largest absolute Gasteiger partial charge is 0.339 e. The van der Waals surface area contributed by atoms with Crippen LogP contribution in [0.3, 0.4) is 0 Å². The third kappa shape index (κ3) is 3.69. The van der Waals surface area contributed by atoms with Crippen LogP contribution in [0.1, 0.15) is 29.7 Å². The summed E-state index contributed by atoms with van der Waals surface area (Å²) in [5.41, 5.74) is 1.28. The molecule has 0 bridgehead atoms. The summed E-state index contributed by atoms with van der Waals surface area (Å²) < 4.78 is 1.15. The first-order chi connectivity index (χ1) is 11.1. The minimum absolute atomic E-state index is 0.0292. The van der Waals surface area contributed by atoms with Crippen molar-refractivity contribution < 1.29 is 9.59 Å². The Balaban J connectivity index is 1.62. The molecule has 2 aliphatic heterocycles. The van der Waals surface area contributed by atoms with Gasteiger partial charge in [0.05, 0.1) is 3.79 Å². The summed E-state index contributed by atoms with van der Waals surface area (Å²) in [5.74, 6) is 0.275. The van der Waals surface area contributed by atoms with E-state index in [4.69, 9.17) is 0 Å². The van der Waals surface area contributed by atoms with Gasteiger partial charge in [0.2, 0.25) is 11.8 Å². The van der Waals surface area contributed by atoms with E-state index in [0.717, 1.165) is 42.6 Å². The van der Waals surface area contributed by atoms with Crippen LogP contribution in [0, 0.1) is 5.92 Å². The van der Waals surface area contributed by atoms with Gasteiger partial charge in [-0.2, -0.15) is 0 Å². The number of amides is 2. The summed E-state index contributed by atoms with van der Waals surface area (Å²) in [5, 5.41) is 0. The minimum Gasteiger partial charge on any atom is -0.339 e. The van der Waals surface area contributed by atoms with Crippen molar-refractivity contribution in [3.05, 3.63) is 32.9 Å². The van der Waals surface area contributed by atoms with Gasteiger partial charge < -0.3 is 9.80 Å². The Morgan fingerprint density at radius 3 is 2.70 bits per heavy atom. The van der Waals surface area contributed by atoms with Gasteiger partial charge in [-0.05, 0) is 59.3 Å². The lowest BCUT2D eigenvalue weighted by Gasteiger charge is -2.33. The summed E-state index contributed by atoms with van der Waals surface area (Å²) in [4.78, 5) is 29.7. The fraction of sp³-hybridized carbons (Fsp3) is 0.529. The van der Waals surface area contributed by atoms with Crippen LogP contribution in [0.25, 0.3) is 0 Å². The lowest BCUT2D eigenvalue weighted by molar-refractivity contribution is -0.139. The number of carbonyl (C=O) groups excluding carboxylic acids is 2. The number of rotatable bonds is 2. The fourth-order valence-corrected chi connectivity index (χ4v) is 5.21. The second-order valence-corrected chi connectivity index (χ2v) is 8.68. The number of halogens is 1. The molecule has 0 spiro atoms. The van der Waals surface area contributed by atoms with Crippen molar-refractivity contribution in [2.24, 2.45) is 5.92 Å². The maximum absolute atomic E-state index is 12.9. The first kappa shape index (κ1) is 16.7.